The number of hydrogen-bond donors (Lipinski definition) is 3. The molecule has 0 radical (unpaired) electrons. The molecule has 1 fully saturated rings. The highest BCUT2D eigenvalue weighted by Crippen LogP contribution is 2.37. The average molecular weight is 621 g/mol. The second kappa shape index (κ2) is 13.9. The van der Waals surface area contributed by atoms with Gasteiger partial charge >= 0.3 is 0 Å². The summed E-state index contributed by atoms with van der Waals surface area (Å²) in [4.78, 5) is 30.0. The highest BCUT2D eigenvalue weighted by molar-refractivity contribution is 5.91. The number of carbonyl (C=O) groups is 1. The van der Waals surface area contributed by atoms with E-state index in [9.17, 15) is 15.0 Å². The molecule has 1 atom stereocenters. The molecule has 0 amide bonds. The van der Waals surface area contributed by atoms with Gasteiger partial charge in [-0.1, -0.05) is 24.3 Å². The number of fused-ring (bicyclic) bond motifs is 1. The molecule has 1 unspecified atom stereocenters. The first-order valence-corrected chi connectivity index (χ1v) is 15.7. The lowest BCUT2D eigenvalue weighted by atomic mass is 9.93. The van der Waals surface area contributed by atoms with E-state index in [2.05, 4.69) is 45.3 Å². The molecule has 1 aliphatic heterocycles. The van der Waals surface area contributed by atoms with Crippen LogP contribution in [0.3, 0.4) is 0 Å². The van der Waals surface area contributed by atoms with E-state index < -0.39 is 0 Å². The summed E-state index contributed by atoms with van der Waals surface area (Å²) in [7, 11) is 1.92. The van der Waals surface area contributed by atoms with Gasteiger partial charge in [0.1, 0.15) is 17.0 Å². The molecule has 4 heterocycles. The number of pyridine rings is 2. The first-order valence-electron chi connectivity index (χ1n) is 15.7. The highest BCUT2D eigenvalue weighted by Gasteiger charge is 2.21. The van der Waals surface area contributed by atoms with Crippen LogP contribution in [-0.4, -0.2) is 87.2 Å². The molecule has 238 valence electrons. The maximum absolute atomic E-state index is 11.8. The third kappa shape index (κ3) is 6.70. The summed E-state index contributed by atoms with van der Waals surface area (Å²) in [5.74, 6) is 1.64. The van der Waals surface area contributed by atoms with Crippen LogP contribution in [0, 0.1) is 13.8 Å². The van der Waals surface area contributed by atoms with Gasteiger partial charge in [-0.25, -0.2) is 9.97 Å². The monoisotopic (exact) mass is 620 g/mol. The number of β-amino-alcohol motifs (C(OH)–C–C–N with tert-alkyl or cyclic N) is 1. The van der Waals surface area contributed by atoms with Crippen LogP contribution in [0.5, 0.6) is 0 Å². The van der Waals surface area contributed by atoms with Gasteiger partial charge in [0.25, 0.3) is 0 Å². The molecule has 6 rings (SSSR count). The van der Waals surface area contributed by atoms with Crippen molar-refractivity contribution in [3.63, 3.8) is 0 Å². The van der Waals surface area contributed by atoms with Crippen molar-refractivity contribution >= 4 is 28.7 Å². The zero-order valence-corrected chi connectivity index (χ0v) is 26.5. The van der Waals surface area contributed by atoms with E-state index in [1.54, 1.807) is 6.20 Å². The van der Waals surface area contributed by atoms with Gasteiger partial charge in [-0.2, -0.15) is 0 Å². The molecule has 5 aromatic rings. The first-order chi connectivity index (χ1) is 22.3. The summed E-state index contributed by atoms with van der Waals surface area (Å²) in [5.41, 5.74) is 8.10. The average Bonchev–Trinajstić information content (AvgIpc) is 3.66. The number of nitrogens with one attached hydrogen (secondary N) is 1. The standard InChI is InChI=1S/C36H40N6O4/c1-23-28(6-4-8-30(23)36-40-32(22-44)33(46-36)12-14-41(3)16-17-43)29-7-5-9-31(24(29)2)39-35-34-26(10-13-37-35)18-25(19-38-34)20-42-15-11-27(45)21-42/h4-10,13,18-19,22,27,43,45H,11-12,14-17,20-21H2,1-3H3,(H,37,39). The number of nitrogens with zero attached hydrogens (tertiary/aromatic N) is 5. The molecule has 0 spiro atoms. The summed E-state index contributed by atoms with van der Waals surface area (Å²) in [5, 5.41) is 23.6. The lowest BCUT2D eigenvalue weighted by molar-refractivity contribution is 0.111. The SMILES string of the molecule is Cc1c(Nc2nccc3cc(CN4CCC(O)C4)cnc23)cccc1-c1cccc(-c2nc(C=O)c(CCN(C)CCO)o2)c1C. The van der Waals surface area contributed by atoms with E-state index in [4.69, 9.17) is 9.40 Å². The van der Waals surface area contributed by atoms with Crippen LogP contribution in [0.25, 0.3) is 33.5 Å². The van der Waals surface area contributed by atoms with Crippen LogP contribution in [-0.2, 0) is 13.0 Å². The molecule has 0 bridgehead atoms. The third-order valence-corrected chi connectivity index (χ3v) is 8.79. The number of oxazole rings is 1. The van der Waals surface area contributed by atoms with Gasteiger partial charge in [0.15, 0.2) is 12.1 Å². The van der Waals surface area contributed by atoms with Crippen molar-refractivity contribution in [2.45, 2.75) is 39.3 Å². The minimum atomic E-state index is -0.246. The maximum atomic E-state index is 11.8. The van der Waals surface area contributed by atoms with Gasteiger partial charge in [0, 0.05) is 68.2 Å². The quantitative estimate of drug-likeness (QED) is 0.161. The molecule has 2 aromatic carbocycles. The molecular formula is C36H40N6O4. The van der Waals surface area contributed by atoms with E-state index in [0.717, 1.165) is 75.8 Å². The predicted molar refractivity (Wildman–Crippen MR) is 179 cm³/mol. The molecule has 10 heteroatoms. The van der Waals surface area contributed by atoms with Crippen molar-refractivity contribution in [2.24, 2.45) is 0 Å². The highest BCUT2D eigenvalue weighted by atomic mass is 16.4. The number of aliphatic hydroxyl groups is 2. The van der Waals surface area contributed by atoms with Crippen molar-refractivity contribution < 1.29 is 19.4 Å². The Balaban J connectivity index is 1.26. The van der Waals surface area contributed by atoms with E-state index >= 15 is 0 Å². The number of likely N-dealkylation sites (tertiary alicyclic amines) is 1. The molecule has 46 heavy (non-hydrogen) atoms. The number of likely N-dealkylation sites (N-methyl/N-ethyl adjacent to an activating group) is 1. The molecule has 0 saturated carbocycles. The van der Waals surface area contributed by atoms with Gasteiger partial charge < -0.3 is 24.8 Å². The fourth-order valence-corrected chi connectivity index (χ4v) is 6.17. The van der Waals surface area contributed by atoms with E-state index in [0.29, 0.717) is 49.2 Å². The maximum Gasteiger partial charge on any atom is 0.227 e. The van der Waals surface area contributed by atoms with Crippen LogP contribution in [0.2, 0.25) is 0 Å². The first kappa shape index (κ1) is 31.5. The van der Waals surface area contributed by atoms with Crippen molar-refractivity contribution in [3.05, 3.63) is 89.1 Å². The summed E-state index contributed by atoms with van der Waals surface area (Å²) >= 11 is 0. The van der Waals surface area contributed by atoms with E-state index in [1.165, 1.54) is 0 Å². The number of benzene rings is 2. The Bertz CT molecular complexity index is 1850. The zero-order chi connectivity index (χ0) is 32.2. The minimum absolute atomic E-state index is 0.0724. The Hall–Kier alpha value is -4.48. The summed E-state index contributed by atoms with van der Waals surface area (Å²) < 4.78 is 6.14. The number of carbonyl (C=O) groups excluding carboxylic acids is 1. The fourth-order valence-electron chi connectivity index (χ4n) is 6.17. The van der Waals surface area contributed by atoms with Gasteiger partial charge in [-0.3, -0.25) is 14.7 Å². The Kier molecular flexibility index (Phi) is 9.51. The molecule has 3 N–H and O–H groups in total. The smallest absolute Gasteiger partial charge is 0.227 e. The van der Waals surface area contributed by atoms with Crippen LogP contribution in [0.15, 0.2) is 65.3 Å². The molecule has 0 aliphatic carbocycles. The predicted octanol–water partition coefficient (Wildman–Crippen LogP) is 5.16. The molecular weight excluding hydrogens is 580 g/mol. The van der Waals surface area contributed by atoms with Crippen LogP contribution in [0.4, 0.5) is 11.5 Å². The number of aliphatic hydroxyl groups excluding tert-OH is 2. The lowest BCUT2D eigenvalue weighted by Gasteiger charge is -2.17. The van der Waals surface area contributed by atoms with E-state index in [1.807, 2.05) is 55.4 Å². The largest absolute Gasteiger partial charge is 0.440 e. The van der Waals surface area contributed by atoms with Crippen LogP contribution in [0.1, 0.15) is 39.4 Å². The van der Waals surface area contributed by atoms with Crippen molar-refractivity contribution in [3.8, 4) is 22.6 Å². The van der Waals surface area contributed by atoms with Gasteiger partial charge in [0.05, 0.1) is 12.7 Å². The number of aromatic nitrogens is 3. The third-order valence-electron chi connectivity index (χ3n) is 8.79. The Morgan fingerprint density at radius 2 is 1.85 bits per heavy atom. The minimum Gasteiger partial charge on any atom is -0.440 e. The van der Waals surface area contributed by atoms with E-state index in [-0.39, 0.29) is 12.7 Å². The molecule has 3 aromatic heterocycles. The van der Waals surface area contributed by atoms with Crippen LogP contribution >= 0.6 is 0 Å². The summed E-state index contributed by atoms with van der Waals surface area (Å²) in [6, 6.07) is 16.3. The van der Waals surface area contributed by atoms with Crippen LogP contribution < -0.4 is 5.32 Å². The van der Waals surface area contributed by atoms with Gasteiger partial charge in [0.2, 0.25) is 5.89 Å². The van der Waals surface area contributed by atoms with Crippen molar-refractivity contribution in [2.75, 3.05) is 45.2 Å². The summed E-state index contributed by atoms with van der Waals surface area (Å²) in [6.45, 7) is 7.74. The Morgan fingerprint density at radius 3 is 2.61 bits per heavy atom. The number of anilines is 2. The van der Waals surface area contributed by atoms with Gasteiger partial charge in [-0.05, 0) is 79.4 Å². The number of rotatable bonds is 12. The number of hydrogen-bond acceptors (Lipinski definition) is 10. The topological polar surface area (TPSA) is 128 Å². The Morgan fingerprint density at radius 1 is 1.07 bits per heavy atom. The second-order valence-electron chi connectivity index (χ2n) is 12.1. The zero-order valence-electron chi connectivity index (χ0n) is 26.5. The second-order valence-corrected chi connectivity index (χ2v) is 12.1. The molecule has 10 nitrogen and oxygen atoms in total. The van der Waals surface area contributed by atoms with Crippen molar-refractivity contribution in [1.82, 2.24) is 24.8 Å². The number of aldehydes is 1. The van der Waals surface area contributed by atoms with Gasteiger partial charge in [-0.15, -0.1) is 0 Å². The Labute approximate surface area is 268 Å². The molecule has 1 saturated heterocycles. The van der Waals surface area contributed by atoms with Crippen molar-refractivity contribution in [1.29, 1.82) is 0 Å². The molecule has 1 aliphatic rings. The fraction of sp³-hybridized carbons (Fsp3) is 0.333. The summed E-state index contributed by atoms with van der Waals surface area (Å²) in [6.07, 6.45) is 5.52. The normalized spacial score (nSPS) is 15.2. The lowest BCUT2D eigenvalue weighted by Crippen LogP contribution is -2.24.